The van der Waals surface area contributed by atoms with Crippen molar-refractivity contribution in [1.29, 1.82) is 0 Å². The summed E-state index contributed by atoms with van der Waals surface area (Å²) in [6.07, 6.45) is 1.52. The molecule has 0 radical (unpaired) electrons. The first-order valence-corrected chi connectivity index (χ1v) is 12.5. The van der Waals surface area contributed by atoms with E-state index < -0.39 is 40.7 Å². The van der Waals surface area contributed by atoms with Gasteiger partial charge in [-0.2, -0.15) is 4.39 Å². The van der Waals surface area contributed by atoms with Gasteiger partial charge in [0, 0.05) is 35.8 Å². The fourth-order valence-electron chi connectivity index (χ4n) is 4.89. The molecule has 0 amide bonds. The first kappa shape index (κ1) is 27.9. The smallest absolute Gasteiger partial charge is 0.309 e. The number of aliphatic hydroxyl groups is 1. The highest BCUT2D eigenvalue weighted by Gasteiger charge is 2.41. The lowest BCUT2D eigenvalue weighted by Crippen LogP contribution is -2.45. The van der Waals surface area contributed by atoms with Crippen molar-refractivity contribution in [2.24, 2.45) is 5.41 Å². The average molecular weight is 553 g/mol. The van der Waals surface area contributed by atoms with Gasteiger partial charge in [-0.25, -0.2) is 8.78 Å². The standard InChI is InChI=1S/C27H28ClF3N2O5/c1-37-17-2-3-21-18(14-17)24(19(28)15-32-21)22(34)4-5-27(26(35)36)6-8-33(9-7-27)10-11-38-23-13-16(29)12-20(30)25(23)31/h2-3,12-15,22,34H,4-11H2,1H3,(H,35,36). The summed E-state index contributed by atoms with van der Waals surface area (Å²) in [7, 11) is 1.53. The number of likely N-dealkylation sites (tertiary alicyclic amines) is 1. The highest BCUT2D eigenvalue weighted by atomic mass is 35.5. The van der Waals surface area contributed by atoms with Crippen LogP contribution in [0.1, 0.15) is 37.4 Å². The number of fused-ring (bicyclic) bond motifs is 1. The van der Waals surface area contributed by atoms with Gasteiger partial charge >= 0.3 is 5.97 Å². The van der Waals surface area contributed by atoms with Crippen molar-refractivity contribution in [2.75, 3.05) is 33.4 Å². The van der Waals surface area contributed by atoms with Crippen molar-refractivity contribution >= 4 is 28.5 Å². The molecule has 0 aliphatic carbocycles. The van der Waals surface area contributed by atoms with Crippen LogP contribution in [0.4, 0.5) is 13.2 Å². The second-order valence-corrected chi connectivity index (χ2v) is 9.84. The van der Waals surface area contributed by atoms with Gasteiger partial charge in [-0.05, 0) is 57.0 Å². The minimum absolute atomic E-state index is 0.0182. The molecule has 0 saturated carbocycles. The number of ether oxygens (including phenoxy) is 2. The summed E-state index contributed by atoms with van der Waals surface area (Å²) < 4.78 is 51.0. The Morgan fingerprint density at radius 3 is 2.63 bits per heavy atom. The highest BCUT2D eigenvalue weighted by molar-refractivity contribution is 6.32. The SMILES string of the molecule is COc1ccc2ncc(Cl)c(C(O)CCC3(C(=O)O)CCN(CCOc4cc(F)cc(F)c4F)CC3)c2c1. The van der Waals surface area contributed by atoms with E-state index in [2.05, 4.69) is 4.98 Å². The van der Waals surface area contributed by atoms with Crippen molar-refractivity contribution in [2.45, 2.75) is 31.8 Å². The van der Waals surface area contributed by atoms with E-state index in [0.717, 1.165) is 6.07 Å². The van der Waals surface area contributed by atoms with E-state index in [4.69, 9.17) is 21.1 Å². The number of halogens is 4. The predicted molar refractivity (Wildman–Crippen MR) is 135 cm³/mol. The molecule has 4 rings (SSSR count). The predicted octanol–water partition coefficient (Wildman–Crippen LogP) is 5.37. The van der Waals surface area contributed by atoms with Gasteiger partial charge in [0.05, 0.1) is 29.2 Å². The normalized spacial score (nSPS) is 16.4. The van der Waals surface area contributed by atoms with Gasteiger partial charge in [0.2, 0.25) is 5.82 Å². The van der Waals surface area contributed by atoms with E-state index in [-0.39, 0.29) is 24.5 Å². The van der Waals surface area contributed by atoms with Crippen molar-refractivity contribution in [3.05, 3.63) is 64.6 Å². The molecule has 7 nitrogen and oxygen atoms in total. The molecule has 2 heterocycles. The van der Waals surface area contributed by atoms with Crippen molar-refractivity contribution < 1.29 is 37.7 Å². The van der Waals surface area contributed by atoms with Gasteiger partial charge in [0.1, 0.15) is 18.2 Å². The second kappa shape index (κ2) is 11.8. The number of aliphatic hydroxyl groups excluding tert-OH is 1. The minimum Gasteiger partial charge on any atom is -0.497 e. The number of hydrogen-bond donors (Lipinski definition) is 2. The number of piperidine rings is 1. The number of carboxylic acid groups (broad SMARTS) is 1. The largest absolute Gasteiger partial charge is 0.497 e. The lowest BCUT2D eigenvalue weighted by Gasteiger charge is -2.39. The maximum Gasteiger partial charge on any atom is 0.309 e. The van der Waals surface area contributed by atoms with Gasteiger partial charge in [-0.15, -0.1) is 0 Å². The lowest BCUT2D eigenvalue weighted by atomic mass is 9.74. The second-order valence-electron chi connectivity index (χ2n) is 9.43. The zero-order valence-corrected chi connectivity index (χ0v) is 21.5. The van der Waals surface area contributed by atoms with E-state index in [1.54, 1.807) is 18.2 Å². The number of carboxylic acids is 1. The Bertz CT molecular complexity index is 1320. The summed E-state index contributed by atoms with van der Waals surface area (Å²) >= 11 is 6.39. The number of nitrogens with zero attached hydrogens (tertiary/aromatic N) is 2. The molecule has 1 aliphatic heterocycles. The lowest BCUT2D eigenvalue weighted by molar-refractivity contribution is -0.153. The molecule has 1 unspecified atom stereocenters. The van der Waals surface area contributed by atoms with E-state index in [9.17, 15) is 28.2 Å². The van der Waals surface area contributed by atoms with E-state index in [1.165, 1.54) is 13.3 Å². The van der Waals surface area contributed by atoms with Crippen LogP contribution in [0.2, 0.25) is 5.02 Å². The van der Waals surface area contributed by atoms with Crippen LogP contribution in [0.5, 0.6) is 11.5 Å². The van der Waals surface area contributed by atoms with Gasteiger partial charge in [-0.1, -0.05) is 11.6 Å². The summed E-state index contributed by atoms with van der Waals surface area (Å²) in [5, 5.41) is 22.1. The monoisotopic (exact) mass is 552 g/mol. The number of pyridine rings is 1. The number of hydrogen-bond acceptors (Lipinski definition) is 6. The molecule has 1 saturated heterocycles. The van der Waals surface area contributed by atoms with Crippen LogP contribution in [-0.2, 0) is 4.79 Å². The zero-order chi connectivity index (χ0) is 27.4. The van der Waals surface area contributed by atoms with Crippen LogP contribution in [0.15, 0.2) is 36.5 Å². The van der Waals surface area contributed by atoms with E-state index in [0.29, 0.717) is 60.8 Å². The Morgan fingerprint density at radius 1 is 1.21 bits per heavy atom. The van der Waals surface area contributed by atoms with Crippen LogP contribution in [0.25, 0.3) is 10.9 Å². The fourth-order valence-corrected chi connectivity index (χ4v) is 5.16. The number of carbonyl (C=O) groups is 1. The molecule has 1 fully saturated rings. The summed E-state index contributed by atoms with van der Waals surface area (Å²) in [4.78, 5) is 18.5. The van der Waals surface area contributed by atoms with Crippen LogP contribution in [0.3, 0.4) is 0 Å². The summed E-state index contributed by atoms with van der Waals surface area (Å²) in [6, 6.07) is 6.48. The molecule has 2 aromatic carbocycles. The third kappa shape index (κ3) is 5.98. The van der Waals surface area contributed by atoms with Crippen LogP contribution in [-0.4, -0.2) is 59.4 Å². The molecule has 1 atom stereocenters. The Kier molecular flexibility index (Phi) is 8.64. The molecule has 0 bridgehead atoms. The fraction of sp³-hybridized carbons (Fsp3) is 0.407. The molecule has 0 spiro atoms. The topological polar surface area (TPSA) is 92.1 Å². The van der Waals surface area contributed by atoms with Crippen molar-refractivity contribution in [3.63, 3.8) is 0 Å². The number of benzene rings is 2. The van der Waals surface area contributed by atoms with Gasteiger partial charge < -0.3 is 19.7 Å². The number of aromatic nitrogens is 1. The van der Waals surface area contributed by atoms with Gasteiger partial charge in [0.25, 0.3) is 0 Å². The Labute approximate surface area is 222 Å². The van der Waals surface area contributed by atoms with Gasteiger partial charge in [0.15, 0.2) is 11.6 Å². The molecule has 1 aromatic heterocycles. The molecular weight excluding hydrogens is 525 g/mol. The van der Waals surface area contributed by atoms with E-state index in [1.807, 2.05) is 4.90 Å². The van der Waals surface area contributed by atoms with Gasteiger partial charge in [-0.3, -0.25) is 14.7 Å². The first-order valence-electron chi connectivity index (χ1n) is 12.2. The summed E-state index contributed by atoms with van der Waals surface area (Å²) in [6.45, 7) is 1.18. The maximum absolute atomic E-state index is 13.8. The number of aliphatic carboxylic acids is 1. The third-order valence-corrected chi connectivity index (χ3v) is 7.49. The summed E-state index contributed by atoms with van der Waals surface area (Å²) in [5.74, 6) is -4.39. The molecule has 204 valence electrons. The molecular formula is C27H28ClF3N2O5. The Balaban J connectivity index is 1.37. The average Bonchev–Trinajstić information content (AvgIpc) is 2.90. The zero-order valence-electron chi connectivity index (χ0n) is 20.7. The van der Waals surface area contributed by atoms with Crippen molar-refractivity contribution in [1.82, 2.24) is 9.88 Å². The van der Waals surface area contributed by atoms with Crippen LogP contribution >= 0.6 is 11.6 Å². The van der Waals surface area contributed by atoms with E-state index >= 15 is 0 Å². The Hall–Kier alpha value is -3.08. The molecule has 1 aliphatic rings. The minimum atomic E-state index is -1.33. The molecule has 2 N–H and O–H groups in total. The molecule has 3 aromatic rings. The highest BCUT2D eigenvalue weighted by Crippen LogP contribution is 2.41. The quantitative estimate of drug-likeness (QED) is 0.327. The van der Waals surface area contributed by atoms with Crippen molar-refractivity contribution in [3.8, 4) is 11.5 Å². The van der Waals surface area contributed by atoms with Crippen LogP contribution < -0.4 is 9.47 Å². The first-order chi connectivity index (χ1) is 18.1. The third-order valence-electron chi connectivity index (χ3n) is 7.19. The number of methoxy groups -OCH3 is 1. The van der Waals surface area contributed by atoms with Crippen LogP contribution in [0, 0.1) is 22.9 Å². The number of rotatable bonds is 10. The maximum atomic E-state index is 13.8. The summed E-state index contributed by atoms with van der Waals surface area (Å²) in [5.41, 5.74) is 0.0728. The molecule has 38 heavy (non-hydrogen) atoms. The Morgan fingerprint density at radius 2 is 1.95 bits per heavy atom. The molecule has 11 heteroatoms.